The third-order valence-electron chi connectivity index (χ3n) is 4.08. The van der Waals surface area contributed by atoms with Gasteiger partial charge in [0.1, 0.15) is 16.9 Å². The Morgan fingerprint density at radius 2 is 1.81 bits per heavy atom. The highest BCUT2D eigenvalue weighted by Gasteiger charge is 2.37. The molecule has 0 aliphatic heterocycles. The Bertz CT molecular complexity index is 634. The number of hydrogen-bond acceptors (Lipinski definition) is 3. The van der Waals surface area contributed by atoms with Gasteiger partial charge in [-0.2, -0.15) is 0 Å². The number of ketones is 1. The number of halogens is 2. The number of hydrogen-bond donors (Lipinski definition) is 0. The van der Waals surface area contributed by atoms with Gasteiger partial charge < -0.3 is 0 Å². The number of Topliss-reactive ketones (excluding diaryl/α,β-unsaturated/α-hetero) is 1. The first kappa shape index (κ1) is 16.1. The molecule has 0 radical (unpaired) electrons. The molecular formula is C15H18F2O3S. The van der Waals surface area contributed by atoms with Crippen molar-refractivity contribution in [3.8, 4) is 0 Å². The summed E-state index contributed by atoms with van der Waals surface area (Å²) in [5.74, 6) is -2.63. The maximum absolute atomic E-state index is 13.6. The monoisotopic (exact) mass is 316 g/mol. The summed E-state index contributed by atoms with van der Waals surface area (Å²) in [6.45, 7) is 1.29. The van der Waals surface area contributed by atoms with Crippen LogP contribution in [-0.2, 0) is 9.84 Å². The molecule has 1 aliphatic rings. The number of carbonyl (C=O) groups is 1. The van der Waals surface area contributed by atoms with Crippen LogP contribution in [0.5, 0.6) is 0 Å². The van der Waals surface area contributed by atoms with E-state index < -0.39 is 37.8 Å². The zero-order valence-corrected chi connectivity index (χ0v) is 12.6. The van der Waals surface area contributed by atoms with Crippen LogP contribution in [0.2, 0.25) is 0 Å². The average molecular weight is 316 g/mol. The van der Waals surface area contributed by atoms with Crippen molar-refractivity contribution in [1.29, 1.82) is 0 Å². The van der Waals surface area contributed by atoms with Gasteiger partial charge in [-0.25, -0.2) is 17.2 Å². The van der Waals surface area contributed by atoms with E-state index in [0.717, 1.165) is 31.4 Å². The van der Waals surface area contributed by atoms with Crippen molar-refractivity contribution >= 4 is 15.6 Å². The Hall–Kier alpha value is -1.30. The fourth-order valence-electron chi connectivity index (χ4n) is 2.74. The quantitative estimate of drug-likeness (QED) is 0.801. The van der Waals surface area contributed by atoms with E-state index in [2.05, 4.69) is 0 Å². The van der Waals surface area contributed by atoms with Crippen LogP contribution in [0.4, 0.5) is 8.78 Å². The summed E-state index contributed by atoms with van der Waals surface area (Å²) >= 11 is 0. The summed E-state index contributed by atoms with van der Waals surface area (Å²) in [6, 6.07) is 2.54. The normalized spacial score (nSPS) is 18.4. The fourth-order valence-corrected chi connectivity index (χ4v) is 4.73. The average Bonchev–Trinajstić information content (AvgIpc) is 2.46. The first-order valence-corrected chi connectivity index (χ1v) is 8.67. The molecule has 116 valence electrons. The van der Waals surface area contributed by atoms with Crippen molar-refractivity contribution in [1.82, 2.24) is 0 Å². The molecule has 0 bridgehead atoms. The van der Waals surface area contributed by atoms with E-state index >= 15 is 0 Å². The lowest BCUT2D eigenvalue weighted by Crippen LogP contribution is -2.37. The second-order valence-electron chi connectivity index (χ2n) is 5.48. The van der Waals surface area contributed by atoms with Gasteiger partial charge >= 0.3 is 0 Å². The molecule has 1 aliphatic carbocycles. The molecule has 6 heteroatoms. The van der Waals surface area contributed by atoms with Crippen LogP contribution in [0, 0.1) is 11.6 Å². The van der Waals surface area contributed by atoms with E-state index in [1.807, 2.05) is 0 Å². The van der Waals surface area contributed by atoms with Gasteiger partial charge in [-0.15, -0.1) is 0 Å². The maximum Gasteiger partial charge on any atom is 0.183 e. The first-order valence-electron chi connectivity index (χ1n) is 7.06. The number of sulfone groups is 1. The largest absolute Gasteiger partial charge is 0.293 e. The molecule has 2 rings (SSSR count). The highest BCUT2D eigenvalue weighted by molar-refractivity contribution is 7.93. The van der Waals surface area contributed by atoms with E-state index in [9.17, 15) is 22.0 Å². The lowest BCUT2D eigenvalue weighted by atomic mass is 10.0. The minimum atomic E-state index is -3.65. The molecule has 1 aromatic carbocycles. The van der Waals surface area contributed by atoms with Crippen LogP contribution in [0.15, 0.2) is 18.2 Å². The Morgan fingerprint density at radius 3 is 2.38 bits per heavy atom. The summed E-state index contributed by atoms with van der Waals surface area (Å²) in [6.07, 6.45) is 3.75. The molecule has 1 aromatic rings. The number of benzene rings is 1. The van der Waals surface area contributed by atoms with Crippen LogP contribution in [0.3, 0.4) is 0 Å². The lowest BCUT2D eigenvalue weighted by molar-refractivity contribution is 0.0987. The van der Waals surface area contributed by atoms with Crippen molar-refractivity contribution in [2.75, 3.05) is 0 Å². The predicted molar refractivity (Wildman–Crippen MR) is 75.9 cm³/mol. The summed E-state index contributed by atoms with van der Waals surface area (Å²) in [5, 5.41) is -1.84. The van der Waals surface area contributed by atoms with Crippen molar-refractivity contribution < 1.29 is 22.0 Å². The van der Waals surface area contributed by atoms with Crippen LogP contribution >= 0.6 is 0 Å². The Labute approximate surface area is 123 Å². The molecule has 1 saturated carbocycles. The maximum atomic E-state index is 13.6. The molecule has 1 atom stereocenters. The molecule has 0 saturated heterocycles. The van der Waals surface area contributed by atoms with Gasteiger partial charge in [0.15, 0.2) is 15.6 Å². The summed E-state index contributed by atoms with van der Waals surface area (Å²) in [7, 11) is -3.65. The van der Waals surface area contributed by atoms with Crippen molar-refractivity contribution in [2.45, 2.75) is 49.5 Å². The minimum absolute atomic E-state index is 0.372. The van der Waals surface area contributed by atoms with E-state index in [0.29, 0.717) is 18.9 Å². The van der Waals surface area contributed by atoms with Gasteiger partial charge in [0.2, 0.25) is 0 Å². The van der Waals surface area contributed by atoms with Gasteiger partial charge in [-0.3, -0.25) is 4.79 Å². The fraction of sp³-hybridized carbons (Fsp3) is 0.533. The number of rotatable bonds is 4. The van der Waals surface area contributed by atoms with Crippen molar-refractivity contribution in [2.24, 2.45) is 0 Å². The van der Waals surface area contributed by atoms with Gasteiger partial charge in [0, 0.05) is 6.07 Å². The summed E-state index contributed by atoms with van der Waals surface area (Å²) < 4.78 is 51.4. The van der Waals surface area contributed by atoms with E-state index in [-0.39, 0.29) is 5.56 Å². The van der Waals surface area contributed by atoms with Crippen LogP contribution in [0.25, 0.3) is 0 Å². The van der Waals surface area contributed by atoms with Crippen LogP contribution in [0.1, 0.15) is 49.4 Å². The highest BCUT2D eigenvalue weighted by Crippen LogP contribution is 2.28. The second-order valence-corrected chi connectivity index (χ2v) is 8.03. The van der Waals surface area contributed by atoms with Crippen molar-refractivity contribution in [3.05, 3.63) is 35.4 Å². The molecule has 1 unspecified atom stereocenters. The summed E-state index contributed by atoms with van der Waals surface area (Å²) in [4.78, 5) is 12.2. The summed E-state index contributed by atoms with van der Waals surface area (Å²) in [5.41, 5.74) is -0.372. The van der Waals surface area contributed by atoms with E-state index in [1.165, 1.54) is 6.92 Å². The van der Waals surface area contributed by atoms with Gasteiger partial charge in [-0.1, -0.05) is 19.3 Å². The zero-order chi connectivity index (χ0) is 15.6. The lowest BCUT2D eigenvalue weighted by Gasteiger charge is -2.24. The molecule has 0 N–H and O–H groups in total. The van der Waals surface area contributed by atoms with Gasteiger partial charge in [-0.05, 0) is 31.9 Å². The zero-order valence-electron chi connectivity index (χ0n) is 11.8. The van der Waals surface area contributed by atoms with Crippen LogP contribution in [-0.4, -0.2) is 24.7 Å². The van der Waals surface area contributed by atoms with E-state index in [1.54, 1.807) is 0 Å². The molecule has 1 fully saturated rings. The molecule has 0 spiro atoms. The van der Waals surface area contributed by atoms with E-state index in [4.69, 9.17) is 0 Å². The van der Waals surface area contributed by atoms with Crippen LogP contribution < -0.4 is 0 Å². The molecule has 0 aromatic heterocycles. The predicted octanol–water partition coefficient (Wildman–Crippen LogP) is 3.28. The molecule has 3 nitrogen and oxygen atoms in total. The second kappa shape index (κ2) is 6.22. The molecule has 0 amide bonds. The van der Waals surface area contributed by atoms with Gasteiger partial charge in [0.05, 0.1) is 10.8 Å². The standard InChI is InChI=1S/C15H18F2O3S/c1-10(21(19,20)12-5-3-2-4-6-12)15(18)13-8-7-11(16)9-14(13)17/h7-10,12H,2-6H2,1H3. The molecule has 21 heavy (non-hydrogen) atoms. The Balaban J connectivity index is 2.25. The highest BCUT2D eigenvalue weighted by atomic mass is 32.2. The van der Waals surface area contributed by atoms with Crippen molar-refractivity contribution in [3.63, 3.8) is 0 Å². The minimum Gasteiger partial charge on any atom is -0.293 e. The molecular weight excluding hydrogens is 298 g/mol. The Kier molecular flexibility index (Phi) is 4.76. The SMILES string of the molecule is CC(C(=O)c1ccc(F)cc1F)S(=O)(=O)C1CCCCC1. The topological polar surface area (TPSA) is 51.2 Å². The first-order chi connectivity index (χ1) is 9.84. The third kappa shape index (κ3) is 3.31. The third-order valence-corrected chi connectivity index (χ3v) is 6.68. The molecule has 0 heterocycles. The number of carbonyl (C=O) groups excluding carboxylic acids is 1. The Morgan fingerprint density at radius 1 is 1.19 bits per heavy atom. The smallest absolute Gasteiger partial charge is 0.183 e. The van der Waals surface area contributed by atoms with Gasteiger partial charge in [0.25, 0.3) is 0 Å².